The highest BCUT2D eigenvalue weighted by Gasteiger charge is 2.27. The van der Waals surface area contributed by atoms with E-state index in [2.05, 4.69) is 5.32 Å². The normalized spacial score (nSPS) is 11.1. The van der Waals surface area contributed by atoms with Crippen molar-refractivity contribution < 1.29 is 14.7 Å². The number of nitrogens with one attached hydrogen (secondary N) is 1. The van der Waals surface area contributed by atoms with E-state index in [9.17, 15) is 9.59 Å². The average molecular weight is 302 g/mol. The summed E-state index contributed by atoms with van der Waals surface area (Å²) in [7, 11) is 0. The largest absolute Gasteiger partial charge is 0.481 e. The molecular formula is C13H16ClNO3S. The minimum atomic E-state index is -0.863. The number of amides is 1. The summed E-state index contributed by atoms with van der Waals surface area (Å²) < 4.78 is 0. The topological polar surface area (TPSA) is 66.4 Å². The smallest absolute Gasteiger partial charge is 0.309 e. The van der Waals surface area contributed by atoms with Crippen molar-refractivity contribution in [2.45, 2.75) is 13.8 Å². The second-order valence-corrected chi connectivity index (χ2v) is 6.16. The second-order valence-electron chi connectivity index (χ2n) is 4.74. The Balaban J connectivity index is 2.36. The Hall–Kier alpha value is -1.20. The third kappa shape index (κ3) is 5.53. The van der Waals surface area contributed by atoms with Crippen molar-refractivity contribution in [3.8, 4) is 0 Å². The maximum atomic E-state index is 11.6. The fraction of sp³-hybridized carbons (Fsp3) is 0.385. The van der Waals surface area contributed by atoms with Crippen LogP contribution in [0.3, 0.4) is 0 Å². The van der Waals surface area contributed by atoms with Crippen LogP contribution in [0.1, 0.15) is 13.8 Å². The van der Waals surface area contributed by atoms with Gasteiger partial charge >= 0.3 is 5.97 Å². The average Bonchev–Trinajstić information content (AvgIpc) is 2.31. The summed E-state index contributed by atoms with van der Waals surface area (Å²) >= 11 is 7.04. The molecule has 0 spiro atoms. The minimum absolute atomic E-state index is 0.159. The zero-order valence-electron chi connectivity index (χ0n) is 10.8. The van der Waals surface area contributed by atoms with Gasteiger partial charge in [-0.15, -0.1) is 0 Å². The molecule has 0 unspecified atom stereocenters. The predicted octanol–water partition coefficient (Wildman–Crippen LogP) is 3.12. The molecule has 104 valence electrons. The van der Waals surface area contributed by atoms with Crippen molar-refractivity contribution in [2.24, 2.45) is 5.41 Å². The molecule has 4 nitrogen and oxygen atoms in total. The van der Waals surface area contributed by atoms with Crippen molar-refractivity contribution in [3.05, 3.63) is 29.3 Å². The zero-order chi connectivity index (χ0) is 14.5. The third-order valence-corrected chi connectivity index (χ3v) is 4.05. The highest BCUT2D eigenvalue weighted by atomic mass is 35.5. The maximum absolute atomic E-state index is 11.6. The Morgan fingerprint density at radius 2 is 1.89 bits per heavy atom. The van der Waals surface area contributed by atoms with Crippen LogP contribution < -0.4 is 5.32 Å². The first-order chi connectivity index (χ1) is 8.81. The lowest BCUT2D eigenvalue weighted by Crippen LogP contribution is -2.27. The van der Waals surface area contributed by atoms with Crippen molar-refractivity contribution in [2.75, 3.05) is 16.8 Å². The number of carboxylic acids is 1. The Kier molecular flexibility index (Phi) is 5.69. The molecule has 0 aliphatic rings. The van der Waals surface area contributed by atoms with Gasteiger partial charge in [-0.2, -0.15) is 11.8 Å². The quantitative estimate of drug-likeness (QED) is 0.847. The predicted molar refractivity (Wildman–Crippen MR) is 78.8 cm³/mol. The molecule has 1 aromatic carbocycles. The molecule has 0 saturated heterocycles. The lowest BCUT2D eigenvalue weighted by atomic mass is 9.97. The number of carboxylic acid groups (broad SMARTS) is 1. The van der Waals surface area contributed by atoms with E-state index in [-0.39, 0.29) is 11.7 Å². The molecule has 0 fully saturated rings. The van der Waals surface area contributed by atoms with Crippen LogP contribution in [-0.4, -0.2) is 28.5 Å². The van der Waals surface area contributed by atoms with Gasteiger partial charge < -0.3 is 10.4 Å². The van der Waals surface area contributed by atoms with E-state index in [4.69, 9.17) is 16.7 Å². The molecule has 1 rings (SSSR count). The number of rotatable bonds is 6. The minimum Gasteiger partial charge on any atom is -0.481 e. The Morgan fingerprint density at radius 1 is 1.32 bits per heavy atom. The van der Waals surface area contributed by atoms with E-state index in [0.29, 0.717) is 16.5 Å². The molecule has 0 aromatic heterocycles. The van der Waals surface area contributed by atoms with E-state index in [1.54, 1.807) is 38.1 Å². The molecule has 0 aliphatic carbocycles. The summed E-state index contributed by atoms with van der Waals surface area (Å²) in [5, 5.41) is 12.3. The van der Waals surface area contributed by atoms with Crippen LogP contribution in [0.15, 0.2) is 24.3 Å². The lowest BCUT2D eigenvalue weighted by Gasteiger charge is -2.17. The second kappa shape index (κ2) is 6.82. The molecule has 6 heteroatoms. The standard InChI is InChI=1S/C13H16ClNO3S/c1-13(2,12(17)18)8-19-7-11(16)15-10-5-3-9(14)4-6-10/h3-6H,7-8H2,1-2H3,(H,15,16)(H,17,18). The number of hydrogen-bond acceptors (Lipinski definition) is 3. The molecule has 2 N–H and O–H groups in total. The molecule has 19 heavy (non-hydrogen) atoms. The van der Waals surface area contributed by atoms with Crippen LogP contribution in [0, 0.1) is 5.41 Å². The highest BCUT2D eigenvalue weighted by Crippen LogP contribution is 2.22. The number of carbonyl (C=O) groups is 2. The van der Waals surface area contributed by atoms with Gasteiger partial charge in [0, 0.05) is 16.5 Å². The Labute approximate surface area is 121 Å². The number of aliphatic carboxylic acids is 1. The van der Waals surface area contributed by atoms with Crippen LogP contribution in [-0.2, 0) is 9.59 Å². The lowest BCUT2D eigenvalue weighted by molar-refractivity contribution is -0.145. The maximum Gasteiger partial charge on any atom is 0.309 e. The molecule has 0 bridgehead atoms. The first kappa shape index (κ1) is 15.9. The van der Waals surface area contributed by atoms with Crippen molar-refractivity contribution >= 4 is 40.9 Å². The summed E-state index contributed by atoms with van der Waals surface area (Å²) in [6, 6.07) is 6.81. The SMILES string of the molecule is CC(C)(CSCC(=O)Nc1ccc(Cl)cc1)C(=O)O. The monoisotopic (exact) mass is 301 g/mol. The van der Waals surface area contributed by atoms with Gasteiger partial charge in [-0.25, -0.2) is 0 Å². The van der Waals surface area contributed by atoms with Crippen LogP contribution in [0.5, 0.6) is 0 Å². The van der Waals surface area contributed by atoms with Crippen LogP contribution in [0.4, 0.5) is 5.69 Å². The highest BCUT2D eigenvalue weighted by molar-refractivity contribution is 8.00. The van der Waals surface area contributed by atoms with Gasteiger partial charge in [0.2, 0.25) is 5.91 Å². The van der Waals surface area contributed by atoms with E-state index in [1.807, 2.05) is 0 Å². The van der Waals surface area contributed by atoms with E-state index in [1.165, 1.54) is 11.8 Å². The molecule has 0 aliphatic heterocycles. The molecule has 0 radical (unpaired) electrons. The van der Waals surface area contributed by atoms with E-state index in [0.717, 1.165) is 0 Å². The fourth-order valence-electron chi connectivity index (χ4n) is 1.19. The van der Waals surface area contributed by atoms with Gasteiger partial charge in [0.25, 0.3) is 0 Å². The number of halogens is 1. The van der Waals surface area contributed by atoms with Crippen LogP contribution in [0.25, 0.3) is 0 Å². The summed E-state index contributed by atoms with van der Waals surface area (Å²) in [5.41, 5.74) is -0.155. The van der Waals surface area contributed by atoms with Gasteiger partial charge in [-0.1, -0.05) is 11.6 Å². The first-order valence-corrected chi connectivity index (χ1v) is 7.21. The summed E-state index contributed by atoms with van der Waals surface area (Å²) in [6.07, 6.45) is 0. The zero-order valence-corrected chi connectivity index (χ0v) is 12.3. The number of carbonyl (C=O) groups excluding carboxylic acids is 1. The molecular weight excluding hydrogens is 286 g/mol. The van der Waals surface area contributed by atoms with Gasteiger partial charge in [-0.05, 0) is 38.1 Å². The third-order valence-electron chi connectivity index (χ3n) is 2.40. The van der Waals surface area contributed by atoms with Crippen molar-refractivity contribution in [1.82, 2.24) is 0 Å². The summed E-state index contributed by atoms with van der Waals surface area (Å²) in [4.78, 5) is 22.5. The summed E-state index contributed by atoms with van der Waals surface area (Å²) in [6.45, 7) is 3.28. The van der Waals surface area contributed by atoms with Gasteiger partial charge in [0.15, 0.2) is 0 Å². The van der Waals surface area contributed by atoms with Crippen LogP contribution in [0.2, 0.25) is 5.02 Å². The van der Waals surface area contributed by atoms with Crippen LogP contribution >= 0.6 is 23.4 Å². The van der Waals surface area contributed by atoms with E-state index >= 15 is 0 Å². The first-order valence-electron chi connectivity index (χ1n) is 5.68. The van der Waals surface area contributed by atoms with E-state index < -0.39 is 11.4 Å². The van der Waals surface area contributed by atoms with Gasteiger partial charge in [0.1, 0.15) is 0 Å². The molecule has 1 amide bonds. The molecule has 0 heterocycles. The molecule has 0 atom stereocenters. The van der Waals surface area contributed by atoms with Crippen molar-refractivity contribution in [1.29, 1.82) is 0 Å². The van der Waals surface area contributed by atoms with Gasteiger partial charge in [0.05, 0.1) is 11.2 Å². The Morgan fingerprint density at radius 3 is 2.42 bits per heavy atom. The summed E-state index contributed by atoms with van der Waals surface area (Å²) in [5.74, 6) is -0.415. The molecule has 1 aromatic rings. The molecule has 0 saturated carbocycles. The fourth-order valence-corrected chi connectivity index (χ4v) is 2.31. The van der Waals surface area contributed by atoms with Gasteiger partial charge in [-0.3, -0.25) is 9.59 Å². The van der Waals surface area contributed by atoms with Crippen molar-refractivity contribution in [3.63, 3.8) is 0 Å². The number of anilines is 1. The Bertz CT molecular complexity index is 459. The number of hydrogen-bond donors (Lipinski definition) is 2. The number of benzene rings is 1. The number of thioether (sulfide) groups is 1.